The second kappa shape index (κ2) is 9.78. The molecule has 0 aliphatic carbocycles. The average Bonchev–Trinajstić information content (AvgIpc) is 2.49. The first-order valence-electron chi connectivity index (χ1n) is 7.72. The third-order valence-corrected chi connectivity index (χ3v) is 3.82. The van der Waals surface area contributed by atoms with Gasteiger partial charge in [-0.25, -0.2) is 0 Å². The van der Waals surface area contributed by atoms with E-state index in [-0.39, 0.29) is 6.10 Å². The van der Waals surface area contributed by atoms with E-state index in [0.29, 0.717) is 5.92 Å². The molecular weight excluding hydrogens is 250 g/mol. The van der Waals surface area contributed by atoms with Gasteiger partial charge in [0.05, 0.1) is 13.2 Å². The van der Waals surface area contributed by atoms with Gasteiger partial charge in [0.2, 0.25) is 0 Å². The Bertz CT molecular complexity index is 351. The minimum atomic E-state index is -0.177. The molecule has 0 aromatic heterocycles. The van der Waals surface area contributed by atoms with Gasteiger partial charge < -0.3 is 15.2 Å². The van der Waals surface area contributed by atoms with Crippen molar-refractivity contribution in [3.63, 3.8) is 0 Å². The van der Waals surface area contributed by atoms with E-state index in [0.717, 1.165) is 44.5 Å². The fourth-order valence-electron chi connectivity index (χ4n) is 2.35. The molecule has 1 rings (SSSR count). The highest BCUT2D eigenvalue weighted by Crippen LogP contribution is 2.15. The quantitative estimate of drug-likeness (QED) is 0.690. The van der Waals surface area contributed by atoms with Gasteiger partial charge in [0.1, 0.15) is 5.75 Å². The lowest BCUT2D eigenvalue weighted by molar-refractivity contribution is 0.0932. The molecule has 0 fully saturated rings. The normalized spacial score (nSPS) is 14.0. The van der Waals surface area contributed by atoms with Gasteiger partial charge >= 0.3 is 0 Å². The maximum absolute atomic E-state index is 10.1. The molecule has 3 nitrogen and oxygen atoms in total. The van der Waals surface area contributed by atoms with Crippen LogP contribution in [0.2, 0.25) is 0 Å². The Kier molecular flexibility index (Phi) is 8.31. The lowest BCUT2D eigenvalue weighted by Crippen LogP contribution is -2.31. The Morgan fingerprint density at radius 1 is 1.20 bits per heavy atom. The minimum absolute atomic E-state index is 0.177. The molecule has 1 aromatic rings. The van der Waals surface area contributed by atoms with Gasteiger partial charge in [0.15, 0.2) is 0 Å². The number of methoxy groups -OCH3 is 1. The van der Waals surface area contributed by atoms with Crippen LogP contribution in [0.3, 0.4) is 0 Å². The number of benzene rings is 1. The topological polar surface area (TPSA) is 41.5 Å². The molecular formula is C17H29NO2. The molecule has 114 valence electrons. The van der Waals surface area contributed by atoms with Crippen LogP contribution in [0.4, 0.5) is 0 Å². The Morgan fingerprint density at radius 3 is 2.45 bits per heavy atom. The van der Waals surface area contributed by atoms with E-state index in [1.165, 1.54) is 5.56 Å². The Morgan fingerprint density at radius 2 is 1.90 bits per heavy atom. The fourth-order valence-corrected chi connectivity index (χ4v) is 2.35. The molecule has 0 spiro atoms. The molecule has 0 heterocycles. The summed E-state index contributed by atoms with van der Waals surface area (Å²) in [5.41, 5.74) is 1.24. The van der Waals surface area contributed by atoms with Crippen LogP contribution in [0.1, 0.15) is 45.1 Å². The molecule has 2 atom stereocenters. The molecule has 0 bridgehead atoms. The SMILES string of the molecule is CCCC[C@@H](O)[C@H](CC)CNCc1ccc(OC)cc1. The summed E-state index contributed by atoms with van der Waals surface area (Å²) in [6, 6.07) is 8.09. The second-order valence-electron chi connectivity index (χ2n) is 5.36. The van der Waals surface area contributed by atoms with E-state index in [9.17, 15) is 5.11 Å². The van der Waals surface area contributed by atoms with Crippen LogP contribution in [-0.4, -0.2) is 24.9 Å². The number of aliphatic hydroxyl groups excluding tert-OH is 1. The van der Waals surface area contributed by atoms with Crippen LogP contribution in [-0.2, 0) is 6.54 Å². The van der Waals surface area contributed by atoms with Crippen molar-refractivity contribution in [2.45, 2.75) is 52.2 Å². The molecule has 0 aliphatic heterocycles. The summed E-state index contributed by atoms with van der Waals surface area (Å²) in [7, 11) is 1.68. The zero-order valence-corrected chi connectivity index (χ0v) is 13.1. The average molecular weight is 279 g/mol. The fraction of sp³-hybridized carbons (Fsp3) is 0.647. The maximum Gasteiger partial charge on any atom is 0.118 e. The van der Waals surface area contributed by atoms with Crippen molar-refractivity contribution < 1.29 is 9.84 Å². The van der Waals surface area contributed by atoms with E-state index in [1.54, 1.807) is 7.11 Å². The molecule has 20 heavy (non-hydrogen) atoms. The van der Waals surface area contributed by atoms with Crippen molar-refractivity contribution in [1.82, 2.24) is 5.32 Å². The summed E-state index contributed by atoms with van der Waals surface area (Å²) in [6.45, 7) is 6.01. The third-order valence-electron chi connectivity index (χ3n) is 3.82. The zero-order valence-electron chi connectivity index (χ0n) is 13.1. The molecule has 0 saturated carbocycles. The van der Waals surface area contributed by atoms with Crippen LogP contribution in [0, 0.1) is 5.92 Å². The second-order valence-corrected chi connectivity index (χ2v) is 5.36. The van der Waals surface area contributed by atoms with Crippen molar-refractivity contribution in [2.24, 2.45) is 5.92 Å². The van der Waals surface area contributed by atoms with Gasteiger partial charge in [-0.15, -0.1) is 0 Å². The van der Waals surface area contributed by atoms with Gasteiger partial charge in [0, 0.05) is 13.1 Å². The van der Waals surface area contributed by atoms with Gasteiger partial charge in [-0.3, -0.25) is 0 Å². The summed E-state index contributed by atoms with van der Waals surface area (Å²) in [4.78, 5) is 0. The number of aliphatic hydroxyl groups is 1. The van der Waals surface area contributed by atoms with Crippen LogP contribution in [0.15, 0.2) is 24.3 Å². The zero-order chi connectivity index (χ0) is 14.8. The first-order valence-corrected chi connectivity index (χ1v) is 7.72. The highest BCUT2D eigenvalue weighted by atomic mass is 16.5. The summed E-state index contributed by atoms with van der Waals surface area (Å²) >= 11 is 0. The van der Waals surface area contributed by atoms with Crippen molar-refractivity contribution in [2.75, 3.05) is 13.7 Å². The molecule has 1 aromatic carbocycles. The summed E-state index contributed by atoms with van der Waals surface area (Å²) in [5, 5.41) is 13.6. The number of rotatable bonds is 10. The highest BCUT2D eigenvalue weighted by molar-refractivity contribution is 5.26. The van der Waals surface area contributed by atoms with Crippen LogP contribution < -0.4 is 10.1 Å². The van der Waals surface area contributed by atoms with E-state index in [1.807, 2.05) is 12.1 Å². The molecule has 2 N–H and O–H groups in total. The maximum atomic E-state index is 10.1. The molecule has 0 radical (unpaired) electrons. The monoisotopic (exact) mass is 279 g/mol. The van der Waals surface area contributed by atoms with E-state index < -0.39 is 0 Å². The standard InChI is InChI=1S/C17H29NO2/c1-4-6-7-17(19)15(5-2)13-18-12-14-8-10-16(20-3)11-9-14/h8-11,15,17-19H,4-7,12-13H2,1-3H3/t15-,17-/m1/s1. The predicted molar refractivity (Wildman–Crippen MR) is 84.0 cm³/mol. The van der Waals surface area contributed by atoms with Gasteiger partial charge in [-0.2, -0.15) is 0 Å². The lowest BCUT2D eigenvalue weighted by Gasteiger charge is -2.22. The smallest absolute Gasteiger partial charge is 0.118 e. The van der Waals surface area contributed by atoms with E-state index in [2.05, 4.69) is 31.3 Å². The third kappa shape index (κ3) is 5.93. The minimum Gasteiger partial charge on any atom is -0.497 e. The summed E-state index contributed by atoms with van der Waals surface area (Å²) in [6.07, 6.45) is 4.01. The molecule has 0 amide bonds. The molecule has 0 saturated heterocycles. The van der Waals surface area contributed by atoms with Crippen LogP contribution in [0.5, 0.6) is 5.75 Å². The summed E-state index contributed by atoms with van der Waals surface area (Å²) < 4.78 is 5.14. The molecule has 3 heteroatoms. The Balaban J connectivity index is 2.32. The first-order chi connectivity index (χ1) is 9.71. The Hall–Kier alpha value is -1.06. The largest absolute Gasteiger partial charge is 0.497 e. The van der Waals surface area contributed by atoms with Gasteiger partial charge in [-0.05, 0) is 36.5 Å². The van der Waals surface area contributed by atoms with Crippen molar-refractivity contribution in [3.8, 4) is 5.75 Å². The number of unbranched alkanes of at least 4 members (excludes halogenated alkanes) is 1. The number of hydrogen-bond donors (Lipinski definition) is 2. The van der Waals surface area contributed by atoms with E-state index >= 15 is 0 Å². The summed E-state index contributed by atoms with van der Waals surface area (Å²) in [5.74, 6) is 1.23. The lowest BCUT2D eigenvalue weighted by atomic mass is 9.95. The Labute approximate surface area is 123 Å². The number of nitrogens with one attached hydrogen (secondary N) is 1. The van der Waals surface area contributed by atoms with Crippen LogP contribution >= 0.6 is 0 Å². The van der Waals surface area contributed by atoms with Crippen molar-refractivity contribution in [3.05, 3.63) is 29.8 Å². The van der Waals surface area contributed by atoms with Crippen molar-refractivity contribution in [1.29, 1.82) is 0 Å². The molecule has 0 unspecified atom stereocenters. The van der Waals surface area contributed by atoms with Gasteiger partial charge in [0.25, 0.3) is 0 Å². The highest BCUT2D eigenvalue weighted by Gasteiger charge is 2.16. The predicted octanol–water partition coefficient (Wildman–Crippen LogP) is 3.36. The number of ether oxygens (including phenoxy) is 1. The van der Waals surface area contributed by atoms with Crippen molar-refractivity contribution >= 4 is 0 Å². The number of hydrogen-bond acceptors (Lipinski definition) is 3. The van der Waals surface area contributed by atoms with E-state index in [4.69, 9.17) is 4.74 Å². The van der Waals surface area contributed by atoms with Gasteiger partial charge in [-0.1, -0.05) is 38.8 Å². The molecule has 0 aliphatic rings. The van der Waals surface area contributed by atoms with Crippen LogP contribution in [0.25, 0.3) is 0 Å². The first kappa shape index (κ1) is 17.0.